The Hall–Kier alpha value is -1.31. The predicted octanol–water partition coefficient (Wildman–Crippen LogP) is 0.917. The molecule has 2 N–H and O–H groups in total. The van der Waals surface area contributed by atoms with E-state index < -0.39 is 10.0 Å². The number of rotatable bonds is 2. The van der Waals surface area contributed by atoms with Crippen LogP contribution >= 0.6 is 11.6 Å². The Morgan fingerprint density at radius 2 is 2.05 bits per heavy atom. The number of nitrogens with two attached hydrogens (primary N) is 1. The molecule has 0 spiro atoms. The molecule has 2 aliphatic rings. The Morgan fingerprint density at radius 1 is 1.29 bits per heavy atom. The normalized spacial score (nSPS) is 23.4. The molecule has 1 aromatic carbocycles. The monoisotopic (exact) mass is 329 g/mol. The van der Waals surface area contributed by atoms with Gasteiger partial charge in [-0.2, -0.15) is 4.31 Å². The van der Waals surface area contributed by atoms with Crippen molar-refractivity contribution in [3.63, 3.8) is 0 Å². The third kappa shape index (κ3) is 2.49. The first-order valence-corrected chi connectivity index (χ1v) is 8.56. The first-order chi connectivity index (χ1) is 9.89. The van der Waals surface area contributed by atoms with Gasteiger partial charge in [0.2, 0.25) is 15.9 Å². The average molecular weight is 330 g/mol. The van der Waals surface area contributed by atoms with Crippen molar-refractivity contribution in [2.24, 2.45) is 0 Å². The molecular weight excluding hydrogens is 314 g/mol. The van der Waals surface area contributed by atoms with Crippen LogP contribution in [0.15, 0.2) is 23.1 Å². The van der Waals surface area contributed by atoms with Gasteiger partial charge in [0, 0.05) is 37.8 Å². The maximum atomic E-state index is 12.7. The smallest absolute Gasteiger partial charge is 0.244 e. The van der Waals surface area contributed by atoms with Crippen LogP contribution in [-0.2, 0) is 14.8 Å². The summed E-state index contributed by atoms with van der Waals surface area (Å²) in [7, 11) is -3.66. The zero-order valence-electron chi connectivity index (χ0n) is 11.3. The van der Waals surface area contributed by atoms with Gasteiger partial charge < -0.3 is 10.6 Å². The number of amides is 1. The second kappa shape index (κ2) is 5.15. The molecule has 0 aromatic heterocycles. The van der Waals surface area contributed by atoms with Gasteiger partial charge in [-0.05, 0) is 24.6 Å². The zero-order valence-corrected chi connectivity index (χ0v) is 12.9. The molecule has 0 radical (unpaired) electrons. The summed E-state index contributed by atoms with van der Waals surface area (Å²) in [5, 5.41) is 0.125. The highest BCUT2D eigenvalue weighted by atomic mass is 35.5. The van der Waals surface area contributed by atoms with E-state index in [2.05, 4.69) is 0 Å². The standard InChI is InChI=1S/C13H16ClN3O3S/c14-11-7-9(15)1-3-12(11)21(19,20)16-5-6-17-10(8-16)2-4-13(17)18/h1,3,7,10H,2,4-6,8,15H2. The fraction of sp³-hybridized carbons (Fsp3) is 0.462. The number of carbonyl (C=O) groups excluding carboxylic acids is 1. The van der Waals surface area contributed by atoms with E-state index in [0.29, 0.717) is 38.2 Å². The predicted molar refractivity (Wildman–Crippen MR) is 79.4 cm³/mol. The lowest BCUT2D eigenvalue weighted by atomic mass is 10.2. The second-order valence-corrected chi connectivity index (χ2v) is 7.65. The number of nitrogens with zero attached hydrogens (tertiary/aromatic N) is 2. The van der Waals surface area contributed by atoms with Crippen molar-refractivity contribution >= 4 is 33.2 Å². The third-order valence-corrected chi connectivity index (χ3v) is 6.38. The molecule has 2 saturated heterocycles. The Labute approximate surface area is 128 Å². The van der Waals surface area contributed by atoms with Crippen LogP contribution in [0.1, 0.15) is 12.8 Å². The minimum Gasteiger partial charge on any atom is -0.399 e. The van der Waals surface area contributed by atoms with Gasteiger partial charge in [-0.1, -0.05) is 11.6 Å². The number of carbonyl (C=O) groups is 1. The molecule has 2 aliphatic heterocycles. The Balaban J connectivity index is 1.87. The summed E-state index contributed by atoms with van der Waals surface area (Å²) in [6.45, 7) is 1.06. The van der Waals surface area contributed by atoms with E-state index in [4.69, 9.17) is 17.3 Å². The molecule has 0 bridgehead atoms. The molecule has 21 heavy (non-hydrogen) atoms. The Kier molecular flexibility index (Phi) is 3.59. The van der Waals surface area contributed by atoms with Gasteiger partial charge in [0.15, 0.2) is 0 Å². The van der Waals surface area contributed by atoms with Gasteiger partial charge in [0.1, 0.15) is 4.90 Å². The largest absolute Gasteiger partial charge is 0.399 e. The highest BCUT2D eigenvalue weighted by Crippen LogP contribution is 2.30. The lowest BCUT2D eigenvalue weighted by Gasteiger charge is -2.36. The van der Waals surface area contributed by atoms with Gasteiger partial charge in [-0.25, -0.2) is 8.42 Å². The Bertz CT molecular complexity index is 692. The molecule has 0 saturated carbocycles. The van der Waals surface area contributed by atoms with Crippen LogP contribution in [0, 0.1) is 0 Å². The number of halogens is 1. The third-order valence-electron chi connectivity index (χ3n) is 4.03. The molecule has 1 atom stereocenters. The van der Waals surface area contributed by atoms with E-state index in [-0.39, 0.29) is 21.9 Å². The molecule has 2 heterocycles. The fourth-order valence-electron chi connectivity index (χ4n) is 2.92. The lowest BCUT2D eigenvalue weighted by molar-refractivity contribution is -0.130. The number of hydrogen-bond donors (Lipinski definition) is 1. The summed E-state index contributed by atoms with van der Waals surface area (Å²) in [4.78, 5) is 13.5. The van der Waals surface area contributed by atoms with Crippen LogP contribution < -0.4 is 5.73 Å². The van der Waals surface area contributed by atoms with Gasteiger partial charge in [-0.15, -0.1) is 0 Å². The molecule has 1 unspecified atom stereocenters. The number of anilines is 1. The number of sulfonamides is 1. The maximum absolute atomic E-state index is 12.7. The lowest BCUT2D eigenvalue weighted by Crippen LogP contribution is -2.53. The average Bonchev–Trinajstić information content (AvgIpc) is 2.79. The molecule has 8 heteroatoms. The van der Waals surface area contributed by atoms with Crippen molar-refractivity contribution in [2.45, 2.75) is 23.8 Å². The summed E-state index contributed by atoms with van der Waals surface area (Å²) in [6.07, 6.45) is 1.21. The number of benzene rings is 1. The first kappa shape index (κ1) is 14.6. The van der Waals surface area contributed by atoms with Crippen molar-refractivity contribution in [3.8, 4) is 0 Å². The number of piperazine rings is 1. The topological polar surface area (TPSA) is 83.7 Å². The van der Waals surface area contributed by atoms with Crippen molar-refractivity contribution in [3.05, 3.63) is 23.2 Å². The molecule has 2 fully saturated rings. The Morgan fingerprint density at radius 3 is 2.76 bits per heavy atom. The SMILES string of the molecule is Nc1ccc(S(=O)(=O)N2CCN3C(=O)CCC3C2)c(Cl)c1. The highest BCUT2D eigenvalue weighted by molar-refractivity contribution is 7.89. The van der Waals surface area contributed by atoms with E-state index >= 15 is 0 Å². The minimum atomic E-state index is -3.66. The highest BCUT2D eigenvalue weighted by Gasteiger charge is 2.40. The van der Waals surface area contributed by atoms with Crippen LogP contribution in [0.2, 0.25) is 5.02 Å². The van der Waals surface area contributed by atoms with Gasteiger partial charge >= 0.3 is 0 Å². The van der Waals surface area contributed by atoms with E-state index in [0.717, 1.165) is 0 Å². The van der Waals surface area contributed by atoms with E-state index in [1.807, 2.05) is 0 Å². The molecular formula is C13H16ClN3O3S. The van der Waals surface area contributed by atoms with E-state index in [9.17, 15) is 13.2 Å². The van der Waals surface area contributed by atoms with Gasteiger partial charge in [0.25, 0.3) is 0 Å². The minimum absolute atomic E-state index is 0.0198. The van der Waals surface area contributed by atoms with Crippen LogP contribution in [0.4, 0.5) is 5.69 Å². The summed E-state index contributed by atoms with van der Waals surface area (Å²) in [5.74, 6) is 0.113. The fourth-order valence-corrected chi connectivity index (χ4v) is 4.91. The van der Waals surface area contributed by atoms with Crippen molar-refractivity contribution < 1.29 is 13.2 Å². The molecule has 114 valence electrons. The molecule has 3 rings (SSSR count). The van der Waals surface area contributed by atoms with Crippen molar-refractivity contribution in [1.29, 1.82) is 0 Å². The summed E-state index contributed by atoms with van der Waals surface area (Å²) in [5.41, 5.74) is 6.02. The van der Waals surface area contributed by atoms with Gasteiger partial charge in [0.05, 0.1) is 5.02 Å². The van der Waals surface area contributed by atoms with Crippen LogP contribution in [0.25, 0.3) is 0 Å². The maximum Gasteiger partial charge on any atom is 0.244 e. The quantitative estimate of drug-likeness (QED) is 0.818. The second-order valence-electron chi connectivity index (χ2n) is 5.33. The van der Waals surface area contributed by atoms with Crippen LogP contribution in [0.3, 0.4) is 0 Å². The summed E-state index contributed by atoms with van der Waals surface area (Å²) in [6, 6.07) is 4.37. The van der Waals surface area contributed by atoms with Crippen molar-refractivity contribution in [2.75, 3.05) is 25.4 Å². The molecule has 0 aliphatic carbocycles. The molecule has 1 amide bonds. The number of nitrogen functional groups attached to an aromatic ring is 1. The number of hydrogen-bond acceptors (Lipinski definition) is 4. The first-order valence-electron chi connectivity index (χ1n) is 6.74. The van der Waals surface area contributed by atoms with Gasteiger partial charge in [-0.3, -0.25) is 4.79 Å². The summed E-state index contributed by atoms with van der Waals surface area (Å²) >= 11 is 6.02. The zero-order chi connectivity index (χ0) is 15.2. The molecule has 1 aromatic rings. The van der Waals surface area contributed by atoms with Crippen LogP contribution in [0.5, 0.6) is 0 Å². The van der Waals surface area contributed by atoms with E-state index in [1.54, 1.807) is 4.90 Å². The molecule has 6 nitrogen and oxygen atoms in total. The number of fused-ring (bicyclic) bond motifs is 1. The van der Waals surface area contributed by atoms with E-state index in [1.165, 1.54) is 22.5 Å². The summed E-state index contributed by atoms with van der Waals surface area (Å²) < 4.78 is 26.8. The van der Waals surface area contributed by atoms with Crippen LogP contribution in [-0.4, -0.2) is 49.2 Å². The van der Waals surface area contributed by atoms with Crippen molar-refractivity contribution in [1.82, 2.24) is 9.21 Å².